The largest absolute Gasteiger partial charge is 0.356 e. The summed E-state index contributed by atoms with van der Waals surface area (Å²) >= 11 is 0. The molecule has 0 atom stereocenters. The van der Waals surface area contributed by atoms with E-state index in [1.807, 2.05) is 25.2 Å². The number of nitrogens with one attached hydrogen (secondary N) is 2. The van der Waals surface area contributed by atoms with Gasteiger partial charge in [0.1, 0.15) is 5.82 Å². The fourth-order valence-corrected chi connectivity index (χ4v) is 2.84. The molecule has 21 heavy (non-hydrogen) atoms. The van der Waals surface area contributed by atoms with Crippen molar-refractivity contribution in [1.29, 1.82) is 0 Å². The summed E-state index contributed by atoms with van der Waals surface area (Å²) in [5, 5.41) is 3.45. The van der Waals surface area contributed by atoms with Gasteiger partial charge >= 0.3 is 0 Å². The zero-order valence-electron chi connectivity index (χ0n) is 12.6. The van der Waals surface area contributed by atoms with E-state index in [2.05, 4.69) is 31.2 Å². The Bertz CT molecular complexity index is 577. The Hall–Kier alpha value is -2.04. The third-order valence-electron chi connectivity index (χ3n) is 3.93. The van der Waals surface area contributed by atoms with Crippen molar-refractivity contribution in [2.24, 2.45) is 4.99 Å². The van der Waals surface area contributed by atoms with E-state index in [0.29, 0.717) is 0 Å². The summed E-state index contributed by atoms with van der Waals surface area (Å²) in [4.78, 5) is 14.7. The molecule has 0 bridgehead atoms. The predicted octanol–water partition coefficient (Wildman–Crippen LogP) is 2.17. The molecule has 2 heterocycles. The van der Waals surface area contributed by atoms with Crippen LogP contribution in [0, 0.1) is 0 Å². The third-order valence-corrected chi connectivity index (χ3v) is 3.93. The molecule has 0 saturated carbocycles. The Kier molecular flexibility index (Phi) is 4.38. The van der Waals surface area contributed by atoms with Crippen molar-refractivity contribution in [3.8, 4) is 0 Å². The van der Waals surface area contributed by atoms with Gasteiger partial charge in [-0.3, -0.25) is 4.99 Å². The molecular weight excluding hydrogens is 262 g/mol. The Morgan fingerprint density at radius 1 is 1.33 bits per heavy atom. The second-order valence-corrected chi connectivity index (χ2v) is 5.47. The molecule has 1 aliphatic heterocycles. The van der Waals surface area contributed by atoms with Crippen LogP contribution in [0.1, 0.15) is 25.1 Å². The standard InChI is InChI=1S/C16H23N5/c1-17-16(21-11-4-5-12-21)18-10-6-9-15-19-13-7-2-3-8-14(13)20-15/h2-3,7-8H,4-6,9-12H2,1H3,(H,17,18)(H,19,20). The van der Waals surface area contributed by atoms with E-state index in [1.165, 1.54) is 12.8 Å². The first kappa shape index (κ1) is 13.9. The molecule has 5 nitrogen and oxygen atoms in total. The topological polar surface area (TPSA) is 56.3 Å². The van der Waals surface area contributed by atoms with Crippen LogP contribution in [0.15, 0.2) is 29.3 Å². The fraction of sp³-hybridized carbons (Fsp3) is 0.500. The number of imidazole rings is 1. The lowest BCUT2D eigenvalue weighted by Crippen LogP contribution is -2.40. The second kappa shape index (κ2) is 6.61. The van der Waals surface area contributed by atoms with Gasteiger partial charge in [0.25, 0.3) is 0 Å². The molecule has 1 saturated heterocycles. The van der Waals surface area contributed by atoms with E-state index < -0.39 is 0 Å². The number of para-hydroxylation sites is 2. The first-order valence-corrected chi connectivity index (χ1v) is 7.76. The number of H-pyrrole nitrogens is 1. The average molecular weight is 285 g/mol. The van der Waals surface area contributed by atoms with Crippen LogP contribution in [0.25, 0.3) is 11.0 Å². The van der Waals surface area contributed by atoms with Crippen LogP contribution in [0.2, 0.25) is 0 Å². The number of fused-ring (bicyclic) bond motifs is 1. The monoisotopic (exact) mass is 285 g/mol. The zero-order valence-corrected chi connectivity index (χ0v) is 12.6. The summed E-state index contributed by atoms with van der Waals surface area (Å²) in [5.41, 5.74) is 2.17. The molecule has 1 aliphatic rings. The van der Waals surface area contributed by atoms with Gasteiger partial charge in [0, 0.05) is 33.1 Å². The summed E-state index contributed by atoms with van der Waals surface area (Å²) in [5.74, 6) is 2.10. The summed E-state index contributed by atoms with van der Waals surface area (Å²) in [7, 11) is 1.86. The molecule has 1 aromatic heterocycles. The van der Waals surface area contributed by atoms with Gasteiger partial charge in [-0.25, -0.2) is 4.98 Å². The lowest BCUT2D eigenvalue weighted by molar-refractivity contribution is 0.492. The van der Waals surface area contributed by atoms with Gasteiger partial charge in [-0.05, 0) is 31.4 Å². The lowest BCUT2D eigenvalue weighted by atomic mass is 10.3. The summed E-state index contributed by atoms with van der Waals surface area (Å²) < 4.78 is 0. The molecule has 2 N–H and O–H groups in total. The summed E-state index contributed by atoms with van der Waals surface area (Å²) in [6, 6.07) is 8.17. The number of hydrogen-bond acceptors (Lipinski definition) is 2. The summed E-state index contributed by atoms with van der Waals surface area (Å²) in [6.45, 7) is 3.19. The first-order chi connectivity index (χ1) is 10.4. The minimum absolute atomic E-state index is 0.931. The van der Waals surface area contributed by atoms with E-state index >= 15 is 0 Å². The quantitative estimate of drug-likeness (QED) is 0.514. The molecule has 5 heteroatoms. The van der Waals surface area contributed by atoms with Crippen LogP contribution in [0.5, 0.6) is 0 Å². The molecular formula is C16H23N5. The van der Waals surface area contributed by atoms with Crippen molar-refractivity contribution in [2.75, 3.05) is 26.7 Å². The van der Waals surface area contributed by atoms with Crippen molar-refractivity contribution >= 4 is 17.0 Å². The van der Waals surface area contributed by atoms with E-state index in [-0.39, 0.29) is 0 Å². The van der Waals surface area contributed by atoms with Gasteiger partial charge in [0.15, 0.2) is 5.96 Å². The number of benzene rings is 1. The van der Waals surface area contributed by atoms with Gasteiger partial charge in [0.05, 0.1) is 11.0 Å². The van der Waals surface area contributed by atoms with Crippen LogP contribution in [-0.4, -0.2) is 47.5 Å². The number of guanidine groups is 1. The van der Waals surface area contributed by atoms with E-state index in [1.54, 1.807) is 0 Å². The number of hydrogen-bond donors (Lipinski definition) is 2. The first-order valence-electron chi connectivity index (χ1n) is 7.76. The smallest absolute Gasteiger partial charge is 0.193 e. The van der Waals surface area contributed by atoms with Gasteiger partial charge < -0.3 is 15.2 Å². The van der Waals surface area contributed by atoms with Crippen molar-refractivity contribution < 1.29 is 0 Å². The molecule has 3 rings (SSSR count). The van der Waals surface area contributed by atoms with Crippen LogP contribution in [0.3, 0.4) is 0 Å². The maximum Gasteiger partial charge on any atom is 0.193 e. The number of aryl methyl sites for hydroxylation is 1. The van der Waals surface area contributed by atoms with Crippen molar-refractivity contribution in [1.82, 2.24) is 20.2 Å². The number of nitrogens with zero attached hydrogens (tertiary/aromatic N) is 3. The molecule has 0 amide bonds. The Labute approximate surface area is 125 Å². The fourth-order valence-electron chi connectivity index (χ4n) is 2.84. The highest BCUT2D eigenvalue weighted by Gasteiger charge is 2.14. The number of aromatic nitrogens is 2. The highest BCUT2D eigenvalue weighted by molar-refractivity contribution is 5.80. The minimum atomic E-state index is 0.931. The van der Waals surface area contributed by atoms with E-state index in [4.69, 9.17) is 0 Å². The highest BCUT2D eigenvalue weighted by atomic mass is 15.3. The zero-order chi connectivity index (χ0) is 14.5. The normalized spacial score (nSPS) is 15.9. The molecule has 2 aromatic rings. The van der Waals surface area contributed by atoms with Crippen LogP contribution < -0.4 is 5.32 Å². The van der Waals surface area contributed by atoms with Crippen molar-refractivity contribution in [3.63, 3.8) is 0 Å². The SMILES string of the molecule is CN=C(NCCCc1nc2ccccc2[nH]1)N1CCCC1. The third kappa shape index (κ3) is 3.35. The molecule has 1 aromatic carbocycles. The van der Waals surface area contributed by atoms with Gasteiger partial charge in [-0.15, -0.1) is 0 Å². The number of likely N-dealkylation sites (tertiary alicyclic amines) is 1. The Balaban J connectivity index is 1.47. The molecule has 1 fully saturated rings. The van der Waals surface area contributed by atoms with Gasteiger partial charge in [-0.1, -0.05) is 12.1 Å². The van der Waals surface area contributed by atoms with E-state index in [9.17, 15) is 0 Å². The second-order valence-electron chi connectivity index (χ2n) is 5.47. The lowest BCUT2D eigenvalue weighted by Gasteiger charge is -2.20. The predicted molar refractivity (Wildman–Crippen MR) is 86.6 cm³/mol. The molecule has 112 valence electrons. The molecule has 0 radical (unpaired) electrons. The maximum atomic E-state index is 4.60. The average Bonchev–Trinajstić information content (AvgIpc) is 3.16. The summed E-state index contributed by atoms with van der Waals surface area (Å²) in [6.07, 6.45) is 4.56. The van der Waals surface area contributed by atoms with Gasteiger partial charge in [0.2, 0.25) is 0 Å². The van der Waals surface area contributed by atoms with Crippen molar-refractivity contribution in [3.05, 3.63) is 30.1 Å². The minimum Gasteiger partial charge on any atom is -0.356 e. The molecule has 0 unspecified atom stereocenters. The highest BCUT2D eigenvalue weighted by Crippen LogP contribution is 2.11. The number of aliphatic imine (C=N–C) groups is 1. The van der Waals surface area contributed by atoms with Crippen LogP contribution >= 0.6 is 0 Å². The van der Waals surface area contributed by atoms with Gasteiger partial charge in [-0.2, -0.15) is 0 Å². The van der Waals surface area contributed by atoms with Crippen molar-refractivity contribution in [2.45, 2.75) is 25.7 Å². The maximum absolute atomic E-state index is 4.60. The van der Waals surface area contributed by atoms with E-state index in [0.717, 1.165) is 55.3 Å². The number of rotatable bonds is 4. The molecule has 0 aliphatic carbocycles. The van der Waals surface area contributed by atoms with Crippen LogP contribution in [-0.2, 0) is 6.42 Å². The Morgan fingerprint density at radius 3 is 2.90 bits per heavy atom. The molecule has 0 spiro atoms. The number of aromatic amines is 1. The Morgan fingerprint density at radius 2 is 2.14 bits per heavy atom. The van der Waals surface area contributed by atoms with Crippen LogP contribution in [0.4, 0.5) is 0 Å².